The van der Waals surface area contributed by atoms with Crippen molar-refractivity contribution in [1.82, 2.24) is 24.2 Å². The fraction of sp³-hybridized carbons (Fsp3) is 0.456. The second-order valence-electron chi connectivity index (χ2n) is 20.1. The van der Waals surface area contributed by atoms with Crippen molar-refractivity contribution in [2.75, 3.05) is 39.5 Å². The van der Waals surface area contributed by atoms with Crippen LogP contribution in [-0.2, 0) is 33.3 Å². The number of amides is 1. The zero-order valence-electron chi connectivity index (χ0n) is 45.4. The second-order valence-corrected chi connectivity index (χ2v) is 26.9. The molecule has 6 aromatic rings. The van der Waals surface area contributed by atoms with Crippen molar-refractivity contribution in [2.45, 2.75) is 135 Å². The lowest BCUT2D eigenvalue weighted by Crippen LogP contribution is -2.49. The minimum absolute atomic E-state index is 0.0156. The number of ether oxygens (including phenoxy) is 5. The highest BCUT2D eigenvalue weighted by Gasteiger charge is 2.53. The fourth-order valence-corrected chi connectivity index (χ4v) is 17.7. The van der Waals surface area contributed by atoms with Crippen molar-refractivity contribution in [3.63, 3.8) is 0 Å². The largest absolute Gasteiger partial charge is 0.497 e. The molecule has 4 aromatic carbocycles. The van der Waals surface area contributed by atoms with Crippen LogP contribution in [0, 0.1) is 11.3 Å². The maximum atomic E-state index is 13.5. The topological polar surface area (TPSA) is 174 Å². The van der Waals surface area contributed by atoms with E-state index >= 15 is 0 Å². The molecule has 18 heteroatoms. The molecule has 7 rings (SSSR count). The minimum Gasteiger partial charge on any atom is -0.497 e. The Morgan fingerprint density at radius 1 is 0.773 bits per heavy atom. The van der Waals surface area contributed by atoms with E-state index in [4.69, 9.17) is 47.1 Å². The predicted molar refractivity (Wildman–Crippen MR) is 294 cm³/mol. The fourth-order valence-electron chi connectivity index (χ4n) is 10.7. The van der Waals surface area contributed by atoms with Crippen molar-refractivity contribution in [3.8, 4) is 17.6 Å². The Labute approximate surface area is 445 Å². The summed E-state index contributed by atoms with van der Waals surface area (Å²) in [6.07, 6.45) is -0.421. The van der Waals surface area contributed by atoms with Gasteiger partial charge < -0.3 is 42.5 Å². The van der Waals surface area contributed by atoms with Gasteiger partial charge in [0.2, 0.25) is 8.32 Å². The molecule has 5 atom stereocenters. The van der Waals surface area contributed by atoms with Gasteiger partial charge in [-0.3, -0.25) is 9.36 Å². The maximum absolute atomic E-state index is 13.5. The molecule has 0 bridgehead atoms. The Balaban J connectivity index is 1.41. The Bertz CT molecular complexity index is 2700. The van der Waals surface area contributed by atoms with E-state index in [-0.39, 0.29) is 66.9 Å². The van der Waals surface area contributed by atoms with Gasteiger partial charge in [0.25, 0.3) is 14.4 Å². The van der Waals surface area contributed by atoms with E-state index in [9.17, 15) is 10.1 Å². The summed E-state index contributed by atoms with van der Waals surface area (Å²) < 4.78 is 58.6. The number of carbonyl (C=O) groups excluding carboxylic acids is 1. The van der Waals surface area contributed by atoms with Gasteiger partial charge in [0.05, 0.1) is 46.3 Å². The summed E-state index contributed by atoms with van der Waals surface area (Å²) in [6.45, 7) is 21.9. The molecule has 400 valence electrons. The van der Waals surface area contributed by atoms with Crippen LogP contribution in [0.25, 0.3) is 11.2 Å². The number of nitriles is 1. The van der Waals surface area contributed by atoms with E-state index in [1.54, 1.807) is 49.4 Å². The van der Waals surface area contributed by atoms with Crippen LogP contribution in [0.2, 0.25) is 16.6 Å². The van der Waals surface area contributed by atoms with Crippen LogP contribution in [0.5, 0.6) is 11.5 Å². The summed E-state index contributed by atoms with van der Waals surface area (Å²) >= 11 is 0. The molecule has 1 N–H and O–H groups in total. The number of aromatic nitrogens is 4. The highest BCUT2D eigenvalue weighted by atomic mass is 31.2. The number of hydrogen-bond acceptors (Lipinski definition) is 14. The van der Waals surface area contributed by atoms with E-state index in [2.05, 4.69) is 102 Å². The molecule has 5 unspecified atom stereocenters. The molecule has 1 amide bonds. The number of nitrogens with zero attached hydrogens (tertiary/aromatic N) is 6. The van der Waals surface area contributed by atoms with Crippen molar-refractivity contribution >= 4 is 39.7 Å². The van der Waals surface area contributed by atoms with Crippen LogP contribution in [0.3, 0.4) is 0 Å². The van der Waals surface area contributed by atoms with Crippen LogP contribution >= 0.6 is 8.53 Å². The molecule has 0 radical (unpaired) electrons. The van der Waals surface area contributed by atoms with E-state index in [1.807, 2.05) is 72.8 Å². The smallest absolute Gasteiger partial charge is 0.259 e. The monoisotopic (exact) mass is 1060 g/mol. The van der Waals surface area contributed by atoms with Gasteiger partial charge in [0, 0.05) is 17.6 Å². The van der Waals surface area contributed by atoms with Gasteiger partial charge >= 0.3 is 0 Å². The molecule has 75 heavy (non-hydrogen) atoms. The third-order valence-corrected chi connectivity index (χ3v) is 22.1. The lowest BCUT2D eigenvalue weighted by Gasteiger charge is -2.42. The standard InChI is InChI=1S/C57H74N7O9PSi/c1-38(2)64(39(3)4)74(70-33-19-32-58)73-51-49(34-69-57(44-22-17-14-18-23-44,45-24-28-47(66-11)29-25-45)46-26-30-48(67-12)31-27-46)72-56(52(51)68-37-71-75(40(5)6,41(7)8)42(9)10)63-36-61-50-53(59-35-60-54(50)63)62-55(65)43-20-15-13-16-21-43/h13-18,20-31,35-36,38-42,49,51-52,56H,19,33-34,37H2,1-12H3,(H,59,60,62,65). The van der Waals surface area contributed by atoms with Gasteiger partial charge in [-0.15, -0.1) is 0 Å². The SMILES string of the molecule is COc1ccc(C(OCC2OC(n3cnc4c(NC(=O)c5ccccc5)ncnc43)C(OCO[Si](C(C)C)(C(C)C)C(C)C)C2OP(OCCC#N)N(C(C)C)C(C)C)(c2ccccc2)c2ccc(OC)cc2)cc1. The number of carbonyl (C=O) groups is 1. The number of rotatable bonds is 26. The Kier molecular flexibility index (Phi) is 19.7. The number of anilines is 1. The Hall–Kier alpha value is -5.64. The summed E-state index contributed by atoms with van der Waals surface area (Å²) in [5.41, 5.74) is 3.33. The van der Waals surface area contributed by atoms with Crippen molar-refractivity contribution in [3.05, 3.63) is 144 Å². The number of benzene rings is 4. The lowest BCUT2D eigenvalue weighted by molar-refractivity contribution is -0.113. The van der Waals surface area contributed by atoms with Gasteiger partial charge in [-0.25, -0.2) is 19.6 Å². The lowest BCUT2D eigenvalue weighted by atomic mass is 9.80. The van der Waals surface area contributed by atoms with Crippen LogP contribution in [-0.4, -0.2) is 103 Å². The maximum Gasteiger partial charge on any atom is 0.259 e. The average Bonchev–Trinajstić information content (AvgIpc) is 4.00. The van der Waals surface area contributed by atoms with E-state index in [0.29, 0.717) is 28.2 Å². The summed E-state index contributed by atoms with van der Waals surface area (Å²) in [5, 5.41) is 12.7. The second kappa shape index (κ2) is 25.9. The number of hydrogen-bond donors (Lipinski definition) is 1. The molecule has 0 saturated carbocycles. The Morgan fingerprint density at radius 2 is 1.33 bits per heavy atom. The molecule has 1 saturated heterocycles. The van der Waals surface area contributed by atoms with E-state index in [0.717, 1.165) is 16.7 Å². The normalized spacial score (nSPS) is 17.7. The van der Waals surface area contributed by atoms with Gasteiger partial charge in [0.1, 0.15) is 48.5 Å². The molecule has 2 aromatic heterocycles. The van der Waals surface area contributed by atoms with Crippen molar-refractivity contribution in [2.24, 2.45) is 0 Å². The molecule has 0 aliphatic carbocycles. The van der Waals surface area contributed by atoms with Crippen LogP contribution in [0.1, 0.15) is 109 Å². The van der Waals surface area contributed by atoms with Gasteiger partial charge in [-0.2, -0.15) is 5.26 Å². The first-order valence-corrected chi connectivity index (χ1v) is 29.1. The molecular weight excluding hydrogens is 986 g/mol. The first kappa shape index (κ1) is 57.1. The number of fused-ring (bicyclic) bond motifs is 1. The highest BCUT2D eigenvalue weighted by molar-refractivity contribution is 7.44. The summed E-state index contributed by atoms with van der Waals surface area (Å²) in [4.78, 5) is 27.6. The molecule has 1 fully saturated rings. The van der Waals surface area contributed by atoms with Crippen molar-refractivity contribution < 1.29 is 42.0 Å². The molecular formula is C57H74N7O9PSi. The zero-order chi connectivity index (χ0) is 53.9. The summed E-state index contributed by atoms with van der Waals surface area (Å²) in [7, 11) is -1.06. The zero-order valence-corrected chi connectivity index (χ0v) is 47.3. The molecule has 3 heterocycles. The minimum atomic E-state index is -2.48. The third-order valence-electron chi connectivity index (χ3n) is 14.0. The molecule has 16 nitrogen and oxygen atoms in total. The molecule has 1 aliphatic rings. The molecule has 0 spiro atoms. The summed E-state index contributed by atoms with van der Waals surface area (Å²) in [6, 6.07) is 36.9. The first-order valence-electron chi connectivity index (χ1n) is 25.8. The number of methoxy groups -OCH3 is 2. The van der Waals surface area contributed by atoms with Gasteiger partial charge in [0.15, 0.2) is 23.2 Å². The van der Waals surface area contributed by atoms with E-state index in [1.165, 1.54) is 6.33 Å². The summed E-state index contributed by atoms with van der Waals surface area (Å²) in [5.74, 6) is 1.26. The van der Waals surface area contributed by atoms with Crippen LogP contribution in [0.15, 0.2) is 122 Å². The predicted octanol–water partition coefficient (Wildman–Crippen LogP) is 12.2. The van der Waals surface area contributed by atoms with E-state index < -0.39 is 47.0 Å². The van der Waals surface area contributed by atoms with Gasteiger partial charge in [-0.1, -0.05) is 114 Å². The number of imidazole rings is 1. The van der Waals surface area contributed by atoms with Crippen LogP contribution < -0.4 is 14.8 Å². The first-order chi connectivity index (χ1) is 36.1. The average molecular weight is 1060 g/mol. The highest BCUT2D eigenvalue weighted by Crippen LogP contribution is 2.52. The molecule has 1 aliphatic heterocycles. The van der Waals surface area contributed by atoms with Crippen LogP contribution in [0.4, 0.5) is 5.82 Å². The number of nitrogens with one attached hydrogen (secondary N) is 1. The Morgan fingerprint density at radius 3 is 1.87 bits per heavy atom. The third kappa shape index (κ3) is 12.5. The van der Waals surface area contributed by atoms with Gasteiger partial charge in [-0.05, 0) is 97.4 Å². The van der Waals surface area contributed by atoms with Crippen molar-refractivity contribution in [1.29, 1.82) is 5.26 Å². The quantitative estimate of drug-likeness (QED) is 0.0179.